The Morgan fingerprint density at radius 2 is 2.06 bits per heavy atom. The maximum atomic E-state index is 13.1. The molecule has 0 amide bonds. The first-order valence-corrected chi connectivity index (χ1v) is 6.97. The third-order valence-corrected chi connectivity index (χ3v) is 4.37. The fraction of sp³-hybridized carbons (Fsp3) is 0.231. The molecule has 1 heterocycles. The number of hydrogen-bond acceptors (Lipinski definition) is 2. The molecule has 5 heteroatoms. The van der Waals surface area contributed by atoms with Crippen LogP contribution in [-0.2, 0) is 6.42 Å². The van der Waals surface area contributed by atoms with E-state index in [0.717, 1.165) is 26.8 Å². The summed E-state index contributed by atoms with van der Waals surface area (Å²) < 4.78 is 14.0. The van der Waals surface area contributed by atoms with Crippen LogP contribution in [0.1, 0.15) is 18.2 Å². The Labute approximate surface area is 124 Å². The normalized spacial score (nSPS) is 10.7. The largest absolute Gasteiger partial charge is 0.232 e. The van der Waals surface area contributed by atoms with Crippen LogP contribution >= 0.6 is 34.2 Å². The van der Waals surface area contributed by atoms with E-state index in [4.69, 9.17) is 11.6 Å². The summed E-state index contributed by atoms with van der Waals surface area (Å²) in [4.78, 5) is 8.75. The number of aryl methyl sites for hydroxylation is 2. The van der Waals surface area contributed by atoms with Crippen molar-refractivity contribution >= 4 is 34.2 Å². The lowest BCUT2D eigenvalue weighted by molar-refractivity contribution is 0.627. The average Bonchev–Trinajstić information content (AvgIpc) is 2.32. The lowest BCUT2D eigenvalue weighted by Gasteiger charge is -2.08. The van der Waals surface area contributed by atoms with Crippen molar-refractivity contribution in [3.05, 3.63) is 44.0 Å². The molecule has 2 rings (SSSR count). The van der Waals surface area contributed by atoms with Gasteiger partial charge in [-0.25, -0.2) is 14.4 Å². The number of nitrogens with zero attached hydrogens (tertiary/aromatic N) is 2. The first kappa shape index (κ1) is 13.7. The predicted molar refractivity (Wildman–Crippen MR) is 79.3 cm³/mol. The van der Waals surface area contributed by atoms with E-state index in [1.807, 2.05) is 13.8 Å². The van der Waals surface area contributed by atoms with E-state index in [1.54, 1.807) is 6.07 Å². The van der Waals surface area contributed by atoms with Gasteiger partial charge in [0.25, 0.3) is 0 Å². The molecule has 2 aromatic rings. The fourth-order valence-corrected chi connectivity index (χ4v) is 2.51. The summed E-state index contributed by atoms with van der Waals surface area (Å²) in [6.07, 6.45) is 0.785. The minimum Gasteiger partial charge on any atom is -0.232 e. The minimum atomic E-state index is -0.261. The van der Waals surface area contributed by atoms with Gasteiger partial charge in [0.15, 0.2) is 5.82 Å². The molecule has 0 atom stereocenters. The summed E-state index contributed by atoms with van der Waals surface area (Å²) in [5.74, 6) is 0.290. The average molecular weight is 377 g/mol. The van der Waals surface area contributed by atoms with Crippen molar-refractivity contribution in [2.24, 2.45) is 0 Å². The van der Waals surface area contributed by atoms with Gasteiger partial charge in [0, 0.05) is 5.56 Å². The Kier molecular flexibility index (Phi) is 4.17. The maximum absolute atomic E-state index is 13.1. The fourth-order valence-electron chi connectivity index (χ4n) is 1.70. The highest BCUT2D eigenvalue weighted by molar-refractivity contribution is 14.1. The van der Waals surface area contributed by atoms with Crippen LogP contribution in [0.5, 0.6) is 0 Å². The van der Waals surface area contributed by atoms with E-state index < -0.39 is 0 Å². The molecule has 0 saturated carbocycles. The molecule has 2 nitrogen and oxygen atoms in total. The third-order valence-electron chi connectivity index (χ3n) is 2.64. The molecule has 0 saturated heterocycles. The van der Waals surface area contributed by atoms with Crippen LogP contribution < -0.4 is 0 Å². The van der Waals surface area contributed by atoms with Crippen LogP contribution in [0.15, 0.2) is 18.2 Å². The second kappa shape index (κ2) is 5.48. The number of rotatable bonds is 2. The number of hydrogen-bond donors (Lipinski definition) is 0. The third kappa shape index (κ3) is 2.64. The molecule has 0 bridgehead atoms. The Balaban J connectivity index is 2.60. The van der Waals surface area contributed by atoms with E-state index in [9.17, 15) is 4.39 Å². The second-order valence-electron chi connectivity index (χ2n) is 3.91. The lowest BCUT2D eigenvalue weighted by Crippen LogP contribution is -2.00. The van der Waals surface area contributed by atoms with Gasteiger partial charge in [-0.15, -0.1) is 0 Å². The molecule has 18 heavy (non-hydrogen) atoms. The molecular weight excluding hydrogens is 366 g/mol. The molecule has 1 aromatic carbocycles. The van der Waals surface area contributed by atoms with Crippen molar-refractivity contribution in [1.82, 2.24) is 9.97 Å². The van der Waals surface area contributed by atoms with Gasteiger partial charge in [0.2, 0.25) is 0 Å². The molecule has 0 aliphatic heterocycles. The molecule has 0 fully saturated rings. The van der Waals surface area contributed by atoms with Gasteiger partial charge in [-0.2, -0.15) is 0 Å². The van der Waals surface area contributed by atoms with Crippen molar-refractivity contribution in [1.29, 1.82) is 0 Å². The van der Waals surface area contributed by atoms with Crippen molar-refractivity contribution in [2.45, 2.75) is 20.3 Å². The number of benzene rings is 1. The minimum absolute atomic E-state index is 0.261. The highest BCUT2D eigenvalue weighted by Crippen LogP contribution is 2.26. The van der Waals surface area contributed by atoms with Gasteiger partial charge in [-0.05, 0) is 59.7 Å². The molecule has 0 unspecified atom stereocenters. The van der Waals surface area contributed by atoms with E-state index in [2.05, 4.69) is 32.6 Å². The summed E-state index contributed by atoms with van der Waals surface area (Å²) in [6, 6.07) is 4.56. The van der Waals surface area contributed by atoms with Crippen molar-refractivity contribution in [3.63, 3.8) is 0 Å². The highest BCUT2D eigenvalue weighted by atomic mass is 127. The zero-order chi connectivity index (χ0) is 13.3. The summed E-state index contributed by atoms with van der Waals surface area (Å²) in [6.45, 7) is 3.85. The van der Waals surface area contributed by atoms with Gasteiger partial charge in [0.1, 0.15) is 11.0 Å². The van der Waals surface area contributed by atoms with Crippen LogP contribution in [0.2, 0.25) is 5.15 Å². The molecule has 1 aromatic heterocycles. The number of aromatic nitrogens is 2. The van der Waals surface area contributed by atoms with Gasteiger partial charge in [-0.3, -0.25) is 0 Å². The quantitative estimate of drug-likeness (QED) is 0.573. The first-order valence-electron chi connectivity index (χ1n) is 5.51. The van der Waals surface area contributed by atoms with Gasteiger partial charge < -0.3 is 0 Å². The summed E-state index contributed by atoms with van der Waals surface area (Å²) >= 11 is 8.24. The van der Waals surface area contributed by atoms with Crippen LogP contribution in [-0.4, -0.2) is 9.97 Å². The van der Waals surface area contributed by atoms with E-state index in [1.165, 1.54) is 12.1 Å². The monoisotopic (exact) mass is 376 g/mol. The first-order chi connectivity index (χ1) is 8.52. The lowest BCUT2D eigenvalue weighted by atomic mass is 10.1. The van der Waals surface area contributed by atoms with Gasteiger partial charge in [0.05, 0.1) is 9.26 Å². The van der Waals surface area contributed by atoms with Crippen molar-refractivity contribution < 1.29 is 4.39 Å². The van der Waals surface area contributed by atoms with Crippen molar-refractivity contribution in [3.8, 4) is 11.4 Å². The molecule has 0 radical (unpaired) electrons. The zero-order valence-corrected chi connectivity index (χ0v) is 12.9. The SMILES string of the molecule is CCc1nc(-c2ccc(F)cc2C)nc(Cl)c1I. The van der Waals surface area contributed by atoms with E-state index in [0.29, 0.717) is 11.0 Å². The Bertz CT molecular complexity index is 602. The zero-order valence-electron chi connectivity index (χ0n) is 9.97. The topological polar surface area (TPSA) is 25.8 Å². The molecule has 0 aliphatic carbocycles. The molecule has 94 valence electrons. The van der Waals surface area contributed by atoms with Crippen molar-refractivity contribution in [2.75, 3.05) is 0 Å². The van der Waals surface area contributed by atoms with Crippen LogP contribution in [0, 0.1) is 16.3 Å². The van der Waals surface area contributed by atoms with E-state index in [-0.39, 0.29) is 5.82 Å². The highest BCUT2D eigenvalue weighted by Gasteiger charge is 2.12. The summed E-state index contributed by atoms with van der Waals surface area (Å²) in [7, 11) is 0. The standard InChI is InChI=1S/C13H11ClFIN2/c1-3-10-11(16)12(14)18-13(17-10)9-5-4-8(15)6-7(9)2/h4-6H,3H2,1-2H3. The molecule has 0 spiro atoms. The molecular formula is C13H11ClFIN2. The smallest absolute Gasteiger partial charge is 0.161 e. The number of halogens is 3. The summed E-state index contributed by atoms with van der Waals surface area (Å²) in [5, 5.41) is 0.446. The van der Waals surface area contributed by atoms with Gasteiger partial charge >= 0.3 is 0 Å². The second-order valence-corrected chi connectivity index (χ2v) is 5.35. The van der Waals surface area contributed by atoms with Crippen LogP contribution in [0.3, 0.4) is 0 Å². The maximum Gasteiger partial charge on any atom is 0.161 e. The summed E-state index contributed by atoms with van der Waals surface area (Å²) in [5.41, 5.74) is 2.52. The van der Waals surface area contributed by atoms with Gasteiger partial charge in [-0.1, -0.05) is 18.5 Å². The Hall–Kier alpha value is -0.750. The van der Waals surface area contributed by atoms with Crippen LogP contribution in [0.4, 0.5) is 4.39 Å². The van der Waals surface area contributed by atoms with E-state index >= 15 is 0 Å². The molecule has 0 N–H and O–H groups in total. The molecule has 0 aliphatic rings. The van der Waals surface area contributed by atoms with Crippen LogP contribution in [0.25, 0.3) is 11.4 Å². The Morgan fingerprint density at radius 3 is 2.67 bits per heavy atom. The predicted octanol–water partition coefficient (Wildman–Crippen LogP) is 4.41. The Morgan fingerprint density at radius 1 is 1.33 bits per heavy atom.